The van der Waals surface area contributed by atoms with E-state index < -0.39 is 0 Å². The maximum atomic E-state index is 12.9. The normalized spacial score (nSPS) is 16.4. The minimum absolute atomic E-state index is 0.169. The molecule has 0 radical (unpaired) electrons. The van der Waals surface area contributed by atoms with Crippen molar-refractivity contribution in [2.24, 2.45) is 0 Å². The van der Waals surface area contributed by atoms with Gasteiger partial charge in [0.1, 0.15) is 6.04 Å². The molecule has 7 heteroatoms. The molecule has 3 aromatic rings. The molecular weight excluding hydrogens is 338 g/mol. The Morgan fingerprint density at radius 1 is 1.20 bits per heavy atom. The molecule has 1 aromatic carbocycles. The number of nitrogens with one attached hydrogen (secondary N) is 2. The van der Waals surface area contributed by atoms with Gasteiger partial charge in [0.25, 0.3) is 0 Å². The fraction of sp³-hybridized carbons (Fsp3) is 0.167. The quantitative estimate of drug-likeness (QED) is 0.738. The number of pyridine rings is 1. The van der Waals surface area contributed by atoms with E-state index in [1.165, 1.54) is 0 Å². The van der Waals surface area contributed by atoms with E-state index in [9.17, 15) is 4.79 Å². The van der Waals surface area contributed by atoms with Gasteiger partial charge < -0.3 is 15.2 Å². The number of amides is 2. The van der Waals surface area contributed by atoms with Crippen molar-refractivity contribution >= 4 is 23.3 Å². The van der Waals surface area contributed by atoms with Crippen LogP contribution in [0.3, 0.4) is 0 Å². The summed E-state index contributed by atoms with van der Waals surface area (Å²) in [5.41, 5.74) is 3.63. The molecule has 1 aliphatic heterocycles. The molecule has 2 aromatic heterocycles. The summed E-state index contributed by atoms with van der Waals surface area (Å²) in [4.78, 5) is 26.4. The maximum absolute atomic E-state index is 12.9. The van der Waals surface area contributed by atoms with Gasteiger partial charge in [-0.2, -0.15) is 0 Å². The number of rotatable bonds is 2. The summed E-state index contributed by atoms with van der Waals surface area (Å²) in [7, 11) is 0. The average molecular weight is 354 g/mol. The highest BCUT2D eigenvalue weighted by molar-refractivity contribution is 6.30. The van der Waals surface area contributed by atoms with E-state index in [1.54, 1.807) is 47.9 Å². The zero-order chi connectivity index (χ0) is 17.2. The molecule has 2 amide bonds. The van der Waals surface area contributed by atoms with Crippen LogP contribution in [0.15, 0.2) is 55.1 Å². The second-order valence-electron chi connectivity index (χ2n) is 5.83. The van der Waals surface area contributed by atoms with Crippen LogP contribution < -0.4 is 5.32 Å². The second kappa shape index (κ2) is 6.57. The highest BCUT2D eigenvalue weighted by Crippen LogP contribution is 2.33. The number of aromatic nitrogens is 3. The lowest BCUT2D eigenvalue weighted by Gasteiger charge is -2.35. The number of carbonyl (C=O) groups excluding carboxylic acids is 1. The number of nitrogens with zero attached hydrogens (tertiary/aromatic N) is 3. The highest BCUT2D eigenvalue weighted by Gasteiger charge is 2.34. The first-order chi connectivity index (χ1) is 12.2. The Morgan fingerprint density at radius 2 is 1.96 bits per heavy atom. The zero-order valence-electron chi connectivity index (χ0n) is 13.3. The second-order valence-corrected chi connectivity index (χ2v) is 6.27. The van der Waals surface area contributed by atoms with Crippen LogP contribution in [0, 0.1) is 0 Å². The molecule has 1 aliphatic rings. The van der Waals surface area contributed by atoms with Crippen molar-refractivity contribution in [3.63, 3.8) is 0 Å². The van der Waals surface area contributed by atoms with Gasteiger partial charge in [0.15, 0.2) is 0 Å². The van der Waals surface area contributed by atoms with E-state index in [0.717, 1.165) is 23.4 Å². The number of hydrogen-bond donors (Lipinski definition) is 2. The molecule has 0 unspecified atom stereocenters. The third kappa shape index (κ3) is 3.08. The van der Waals surface area contributed by atoms with E-state index in [-0.39, 0.29) is 12.1 Å². The van der Waals surface area contributed by atoms with Gasteiger partial charge in [-0.1, -0.05) is 11.6 Å². The fourth-order valence-corrected chi connectivity index (χ4v) is 3.23. The number of carbonyl (C=O) groups is 1. The van der Waals surface area contributed by atoms with Crippen LogP contribution in [0.1, 0.15) is 23.0 Å². The molecule has 0 bridgehead atoms. The van der Waals surface area contributed by atoms with Crippen LogP contribution in [0.4, 0.5) is 10.5 Å². The molecule has 6 nitrogen and oxygen atoms in total. The lowest BCUT2D eigenvalue weighted by molar-refractivity contribution is 0.192. The van der Waals surface area contributed by atoms with Crippen molar-refractivity contribution in [3.8, 4) is 0 Å². The molecule has 2 N–H and O–H groups in total. The molecule has 25 heavy (non-hydrogen) atoms. The van der Waals surface area contributed by atoms with E-state index in [0.29, 0.717) is 17.3 Å². The van der Waals surface area contributed by atoms with Gasteiger partial charge >= 0.3 is 6.03 Å². The van der Waals surface area contributed by atoms with Crippen molar-refractivity contribution in [2.45, 2.75) is 12.5 Å². The molecule has 0 spiro atoms. The van der Waals surface area contributed by atoms with Crippen LogP contribution in [0.5, 0.6) is 0 Å². The number of imidazole rings is 1. The lowest BCUT2D eigenvalue weighted by Crippen LogP contribution is -2.43. The maximum Gasteiger partial charge on any atom is 0.322 e. The van der Waals surface area contributed by atoms with Gasteiger partial charge in [-0.05, 0) is 42.0 Å². The van der Waals surface area contributed by atoms with Gasteiger partial charge in [0.05, 0.1) is 12.0 Å². The Kier molecular flexibility index (Phi) is 4.11. The Morgan fingerprint density at radius 3 is 2.72 bits per heavy atom. The van der Waals surface area contributed by atoms with Crippen LogP contribution in [0.2, 0.25) is 5.02 Å². The molecule has 126 valence electrons. The summed E-state index contributed by atoms with van der Waals surface area (Å²) in [5, 5.41) is 3.57. The molecule has 0 saturated carbocycles. The van der Waals surface area contributed by atoms with Gasteiger partial charge in [-0.3, -0.25) is 4.98 Å². The number of hydrogen-bond acceptors (Lipinski definition) is 3. The van der Waals surface area contributed by atoms with E-state index >= 15 is 0 Å². The first kappa shape index (κ1) is 15.7. The summed E-state index contributed by atoms with van der Waals surface area (Å²) in [6, 6.07) is 10.5. The largest absolute Gasteiger partial charge is 0.348 e. The number of H-pyrrole nitrogens is 1. The Bertz CT molecular complexity index is 878. The summed E-state index contributed by atoms with van der Waals surface area (Å²) in [5.74, 6) is 0. The molecule has 1 atom stereocenters. The number of halogens is 1. The third-order valence-electron chi connectivity index (χ3n) is 4.30. The lowest BCUT2D eigenvalue weighted by atomic mass is 9.97. The van der Waals surface area contributed by atoms with Gasteiger partial charge in [-0.15, -0.1) is 0 Å². The first-order valence-electron chi connectivity index (χ1n) is 7.97. The number of benzene rings is 1. The SMILES string of the molecule is O=C(Nc1ccc(Cl)cc1)N1CCc2[nH]cnc2[C@@H]1c1ccncc1. The summed E-state index contributed by atoms with van der Waals surface area (Å²) in [6.07, 6.45) is 5.88. The van der Waals surface area contributed by atoms with Crippen LogP contribution in [-0.2, 0) is 6.42 Å². The first-order valence-corrected chi connectivity index (χ1v) is 8.35. The minimum atomic E-state index is -0.245. The van der Waals surface area contributed by atoms with E-state index in [1.807, 2.05) is 12.1 Å². The molecule has 3 heterocycles. The Balaban J connectivity index is 1.65. The summed E-state index contributed by atoms with van der Waals surface area (Å²) < 4.78 is 0. The van der Waals surface area contributed by atoms with Crippen molar-refractivity contribution in [2.75, 3.05) is 11.9 Å². The highest BCUT2D eigenvalue weighted by atomic mass is 35.5. The number of aromatic amines is 1. The van der Waals surface area contributed by atoms with Crippen molar-refractivity contribution in [1.82, 2.24) is 19.9 Å². The minimum Gasteiger partial charge on any atom is -0.348 e. The number of anilines is 1. The van der Waals surface area contributed by atoms with Crippen molar-refractivity contribution < 1.29 is 4.79 Å². The van der Waals surface area contributed by atoms with Gasteiger partial charge in [0, 0.05) is 41.8 Å². The molecule has 0 aliphatic carbocycles. The smallest absolute Gasteiger partial charge is 0.322 e. The Labute approximate surface area is 149 Å². The molecule has 0 fully saturated rings. The van der Waals surface area contributed by atoms with Gasteiger partial charge in [0.2, 0.25) is 0 Å². The van der Waals surface area contributed by atoms with Crippen molar-refractivity contribution in [3.05, 3.63) is 77.1 Å². The van der Waals surface area contributed by atoms with Crippen LogP contribution >= 0.6 is 11.6 Å². The van der Waals surface area contributed by atoms with Crippen molar-refractivity contribution in [1.29, 1.82) is 0 Å². The molecule has 4 rings (SSSR count). The van der Waals surface area contributed by atoms with Crippen LogP contribution in [0.25, 0.3) is 0 Å². The molecule has 0 saturated heterocycles. The van der Waals surface area contributed by atoms with E-state index in [2.05, 4.69) is 20.3 Å². The van der Waals surface area contributed by atoms with Gasteiger partial charge in [-0.25, -0.2) is 9.78 Å². The van der Waals surface area contributed by atoms with E-state index in [4.69, 9.17) is 11.6 Å². The summed E-state index contributed by atoms with van der Waals surface area (Å²) in [6.45, 7) is 0.599. The predicted molar refractivity (Wildman–Crippen MR) is 95.5 cm³/mol. The average Bonchev–Trinajstić information content (AvgIpc) is 3.12. The standard InChI is InChI=1S/C18H16ClN5O/c19-13-1-3-14(4-2-13)23-18(25)24-10-7-15-16(22-11-21-15)17(24)12-5-8-20-9-6-12/h1-6,8-9,11,17H,7,10H2,(H,21,22)(H,23,25)/t17-/m0/s1. The summed E-state index contributed by atoms with van der Waals surface area (Å²) >= 11 is 5.90. The monoisotopic (exact) mass is 353 g/mol. The third-order valence-corrected chi connectivity index (χ3v) is 4.56. The topological polar surface area (TPSA) is 73.9 Å². The number of urea groups is 1. The number of fused-ring (bicyclic) bond motifs is 1. The Hall–Kier alpha value is -2.86. The molecular formula is C18H16ClN5O. The fourth-order valence-electron chi connectivity index (χ4n) is 3.11. The van der Waals surface area contributed by atoms with Crippen LogP contribution in [-0.4, -0.2) is 32.4 Å². The predicted octanol–water partition coefficient (Wildman–Crippen LogP) is 3.64. The zero-order valence-corrected chi connectivity index (χ0v) is 14.1.